The van der Waals surface area contributed by atoms with Gasteiger partial charge in [0.25, 0.3) is 0 Å². The van der Waals surface area contributed by atoms with Crippen LogP contribution >= 0.6 is 11.6 Å². The van der Waals surface area contributed by atoms with Crippen molar-refractivity contribution < 1.29 is 19.4 Å². The van der Waals surface area contributed by atoms with E-state index in [-0.39, 0.29) is 23.4 Å². The van der Waals surface area contributed by atoms with Gasteiger partial charge in [0.1, 0.15) is 11.9 Å². The molecule has 0 fully saturated rings. The lowest BCUT2D eigenvalue weighted by molar-refractivity contribution is 0.0166. The number of carbonyl (C=O) groups excluding carboxylic acids is 1. The average molecular weight is 247 g/mol. The third-order valence-corrected chi connectivity index (χ3v) is 2.48. The van der Waals surface area contributed by atoms with Gasteiger partial charge in [0, 0.05) is 11.4 Å². The fourth-order valence-corrected chi connectivity index (χ4v) is 1.62. The fraction of sp³-hybridized carbons (Fsp3) is 0.364. The zero-order valence-electron chi connectivity index (χ0n) is 8.44. The topological polar surface area (TPSA) is 57.5 Å². The summed E-state index contributed by atoms with van der Waals surface area (Å²) < 4.78 is 12.8. The highest BCUT2D eigenvalue weighted by atomic mass is 35.5. The largest absolute Gasteiger partial charge is 0.390 e. The molecule has 0 heterocycles. The van der Waals surface area contributed by atoms with E-state index in [0.717, 1.165) is 12.1 Å². The molecule has 0 spiro atoms. The summed E-state index contributed by atoms with van der Waals surface area (Å²) >= 11 is 5.43. The first-order chi connectivity index (χ1) is 7.60. The third-order valence-electron chi connectivity index (χ3n) is 2.26. The van der Waals surface area contributed by atoms with E-state index < -0.39 is 18.0 Å². The predicted molar refractivity (Wildman–Crippen MR) is 58.1 cm³/mol. The lowest BCUT2D eigenvalue weighted by Crippen LogP contribution is -2.20. The van der Waals surface area contributed by atoms with Crippen LogP contribution in [0.4, 0.5) is 4.39 Å². The lowest BCUT2D eigenvalue weighted by Gasteiger charge is -2.18. The van der Waals surface area contributed by atoms with Gasteiger partial charge in [0.15, 0.2) is 6.29 Å². The second-order valence-corrected chi connectivity index (χ2v) is 3.76. The lowest BCUT2D eigenvalue weighted by atomic mass is 9.98. The molecule has 88 valence electrons. The quantitative estimate of drug-likeness (QED) is 0.614. The number of benzene rings is 1. The highest BCUT2D eigenvalue weighted by molar-refractivity contribution is 6.17. The van der Waals surface area contributed by atoms with E-state index in [1.807, 2.05) is 0 Å². The van der Waals surface area contributed by atoms with E-state index in [0.29, 0.717) is 6.29 Å². The Bertz CT molecular complexity index is 370. The van der Waals surface area contributed by atoms with Gasteiger partial charge in [-0.15, -0.1) is 11.6 Å². The van der Waals surface area contributed by atoms with Crippen LogP contribution in [0.2, 0.25) is 0 Å². The van der Waals surface area contributed by atoms with Crippen molar-refractivity contribution in [2.75, 3.05) is 5.88 Å². The van der Waals surface area contributed by atoms with Gasteiger partial charge in [-0.3, -0.25) is 4.79 Å². The van der Waals surface area contributed by atoms with Gasteiger partial charge >= 0.3 is 0 Å². The Morgan fingerprint density at radius 1 is 1.44 bits per heavy atom. The van der Waals surface area contributed by atoms with Gasteiger partial charge in [-0.25, -0.2) is 4.39 Å². The maximum Gasteiger partial charge on any atom is 0.150 e. The Morgan fingerprint density at radius 2 is 2.12 bits per heavy atom. The molecule has 0 aliphatic rings. The van der Waals surface area contributed by atoms with Gasteiger partial charge in [0.2, 0.25) is 0 Å². The summed E-state index contributed by atoms with van der Waals surface area (Å²) in [7, 11) is 0. The summed E-state index contributed by atoms with van der Waals surface area (Å²) in [6.45, 7) is 0. The third kappa shape index (κ3) is 3.01. The number of carbonyl (C=O) groups is 1. The van der Waals surface area contributed by atoms with E-state index in [4.69, 9.17) is 11.6 Å². The Hall–Kier alpha value is -0.970. The predicted octanol–water partition coefficient (Wildman–Crippen LogP) is 1.66. The van der Waals surface area contributed by atoms with Gasteiger partial charge in [-0.05, 0) is 24.1 Å². The molecular weight excluding hydrogens is 235 g/mol. The van der Waals surface area contributed by atoms with E-state index in [1.165, 1.54) is 6.07 Å². The molecule has 2 unspecified atom stereocenters. The molecule has 3 nitrogen and oxygen atoms in total. The van der Waals surface area contributed by atoms with Crippen molar-refractivity contribution in [1.82, 2.24) is 0 Å². The summed E-state index contributed by atoms with van der Waals surface area (Å²) in [6.07, 6.45) is -1.67. The molecule has 5 heteroatoms. The smallest absolute Gasteiger partial charge is 0.150 e. The fourth-order valence-electron chi connectivity index (χ4n) is 1.39. The monoisotopic (exact) mass is 246 g/mol. The van der Waals surface area contributed by atoms with Crippen LogP contribution in [-0.4, -0.2) is 28.5 Å². The molecule has 1 rings (SSSR count). The van der Waals surface area contributed by atoms with E-state index in [2.05, 4.69) is 0 Å². The number of aliphatic hydroxyl groups excluding tert-OH is 2. The molecule has 2 atom stereocenters. The summed E-state index contributed by atoms with van der Waals surface area (Å²) in [5, 5.41) is 19.2. The van der Waals surface area contributed by atoms with Crippen LogP contribution in [0.15, 0.2) is 18.2 Å². The van der Waals surface area contributed by atoms with Crippen molar-refractivity contribution in [2.24, 2.45) is 0 Å². The van der Waals surface area contributed by atoms with Crippen molar-refractivity contribution >= 4 is 17.9 Å². The first kappa shape index (κ1) is 13.1. The highest BCUT2D eigenvalue weighted by Crippen LogP contribution is 2.22. The minimum atomic E-state index is -1.24. The molecule has 2 N–H and O–H groups in total. The minimum absolute atomic E-state index is 0.0288. The summed E-state index contributed by atoms with van der Waals surface area (Å²) in [5.74, 6) is -0.375. The molecule has 0 aliphatic carbocycles. The molecule has 0 aliphatic heterocycles. The molecule has 1 aromatic carbocycles. The maximum absolute atomic E-state index is 12.8. The number of hydrogen-bond acceptors (Lipinski definition) is 3. The molecule has 1 aromatic rings. The Labute approximate surface area is 97.5 Å². The van der Waals surface area contributed by atoms with Gasteiger partial charge < -0.3 is 10.2 Å². The van der Waals surface area contributed by atoms with Crippen molar-refractivity contribution in [3.05, 3.63) is 35.1 Å². The minimum Gasteiger partial charge on any atom is -0.390 e. The van der Waals surface area contributed by atoms with Crippen molar-refractivity contribution in [2.45, 2.75) is 18.6 Å². The molecule has 0 bridgehead atoms. The summed E-state index contributed by atoms with van der Waals surface area (Å²) in [6, 6.07) is 3.42. The maximum atomic E-state index is 12.8. The van der Waals surface area contributed by atoms with Crippen LogP contribution in [0.3, 0.4) is 0 Å². The number of hydrogen-bond donors (Lipinski definition) is 2. The van der Waals surface area contributed by atoms with Crippen LogP contribution in [-0.2, 0) is 0 Å². The van der Waals surface area contributed by atoms with Crippen LogP contribution < -0.4 is 0 Å². The number of aldehydes is 1. The second-order valence-electron chi connectivity index (χ2n) is 3.38. The molecule has 0 radical (unpaired) electrons. The summed E-state index contributed by atoms with van der Waals surface area (Å²) in [5.41, 5.74) is 0.232. The normalized spacial score (nSPS) is 14.5. The number of alkyl halides is 1. The van der Waals surface area contributed by atoms with E-state index in [9.17, 15) is 19.4 Å². The molecule has 0 saturated heterocycles. The Morgan fingerprint density at radius 3 is 2.69 bits per heavy atom. The molecule has 16 heavy (non-hydrogen) atoms. The highest BCUT2D eigenvalue weighted by Gasteiger charge is 2.20. The molecule has 0 amide bonds. The van der Waals surface area contributed by atoms with Crippen LogP contribution in [0, 0.1) is 5.82 Å². The van der Waals surface area contributed by atoms with Crippen molar-refractivity contribution in [1.29, 1.82) is 0 Å². The Kier molecular flexibility index (Phi) is 4.86. The molecular formula is C11H12ClFO3. The van der Waals surface area contributed by atoms with Gasteiger partial charge in [-0.2, -0.15) is 0 Å². The number of aliphatic hydroxyl groups is 2. The van der Waals surface area contributed by atoms with Crippen molar-refractivity contribution in [3.8, 4) is 0 Å². The number of halogens is 2. The van der Waals surface area contributed by atoms with Crippen molar-refractivity contribution in [3.63, 3.8) is 0 Å². The van der Waals surface area contributed by atoms with Crippen LogP contribution in [0.25, 0.3) is 0 Å². The SMILES string of the molecule is O=Cc1cc(F)ccc1C(O)C(O)CCCl. The number of rotatable bonds is 5. The first-order valence-electron chi connectivity index (χ1n) is 4.77. The van der Waals surface area contributed by atoms with Gasteiger partial charge in [0.05, 0.1) is 6.10 Å². The molecule has 0 saturated carbocycles. The van der Waals surface area contributed by atoms with Gasteiger partial charge in [-0.1, -0.05) is 6.07 Å². The van der Waals surface area contributed by atoms with Crippen LogP contribution in [0.1, 0.15) is 28.4 Å². The van der Waals surface area contributed by atoms with E-state index >= 15 is 0 Å². The molecule has 0 aromatic heterocycles. The average Bonchev–Trinajstić information content (AvgIpc) is 2.28. The van der Waals surface area contributed by atoms with E-state index in [1.54, 1.807) is 0 Å². The van der Waals surface area contributed by atoms with Crippen LogP contribution in [0.5, 0.6) is 0 Å². The Balaban J connectivity index is 2.98. The summed E-state index contributed by atoms with van der Waals surface area (Å²) in [4.78, 5) is 10.7. The first-order valence-corrected chi connectivity index (χ1v) is 5.30. The zero-order valence-corrected chi connectivity index (χ0v) is 9.19. The zero-order chi connectivity index (χ0) is 12.1. The standard InChI is InChI=1S/C11H12ClFO3/c12-4-3-10(15)11(16)9-2-1-8(13)5-7(9)6-14/h1-2,5-6,10-11,15-16H,3-4H2. The second kappa shape index (κ2) is 5.94.